The Kier molecular flexibility index (Phi) is 6.28. The smallest absolute Gasteiger partial charge is 0.228 e. The molecule has 1 amide bonds. The Bertz CT molecular complexity index is 448. The van der Waals surface area contributed by atoms with Crippen LogP contribution in [0.15, 0.2) is 30.3 Å². The van der Waals surface area contributed by atoms with E-state index in [1.807, 2.05) is 18.2 Å². The molecule has 1 aromatic rings. The molecule has 0 bridgehead atoms. The summed E-state index contributed by atoms with van der Waals surface area (Å²) in [5.41, 5.74) is 1.14. The second kappa shape index (κ2) is 7.98. The average molecular weight is 352 g/mol. The Hall–Kier alpha value is -0.830. The third-order valence-corrected chi connectivity index (χ3v) is 5.67. The van der Waals surface area contributed by atoms with Crippen molar-refractivity contribution in [1.29, 1.82) is 0 Å². The fraction of sp³-hybridized carbons (Fsp3) is 0.611. The first kappa shape index (κ1) is 16.5. The molecule has 0 spiro atoms. The van der Waals surface area contributed by atoms with Crippen molar-refractivity contribution in [2.75, 3.05) is 5.33 Å². The number of hydrogen-bond acceptors (Lipinski definition) is 1. The van der Waals surface area contributed by atoms with Crippen molar-refractivity contribution in [2.24, 2.45) is 11.8 Å². The number of nitrogens with one attached hydrogen (secondary N) is 1. The van der Waals surface area contributed by atoms with Crippen LogP contribution in [0.25, 0.3) is 0 Å². The summed E-state index contributed by atoms with van der Waals surface area (Å²) in [6, 6.07) is 10.5. The summed E-state index contributed by atoms with van der Waals surface area (Å²) in [6.45, 7) is 4.33. The molecule has 1 saturated carbocycles. The van der Waals surface area contributed by atoms with E-state index in [1.54, 1.807) is 0 Å². The van der Waals surface area contributed by atoms with Gasteiger partial charge in [-0.2, -0.15) is 0 Å². The minimum absolute atomic E-state index is 0.0345. The molecule has 4 atom stereocenters. The summed E-state index contributed by atoms with van der Waals surface area (Å²) >= 11 is 3.58. The molecule has 2 nitrogen and oxygen atoms in total. The van der Waals surface area contributed by atoms with E-state index in [0.717, 1.165) is 23.7 Å². The van der Waals surface area contributed by atoms with Crippen molar-refractivity contribution < 1.29 is 4.79 Å². The molecular weight excluding hydrogens is 326 g/mol. The zero-order valence-corrected chi connectivity index (χ0v) is 14.6. The second-order valence-electron chi connectivity index (χ2n) is 6.23. The van der Waals surface area contributed by atoms with Crippen LogP contribution >= 0.6 is 15.9 Å². The van der Waals surface area contributed by atoms with E-state index in [-0.39, 0.29) is 11.8 Å². The SMILES string of the molecule is CCC(C)C(C(=O)NC1CCCC1CBr)c1ccccc1. The molecule has 1 fully saturated rings. The van der Waals surface area contributed by atoms with E-state index < -0.39 is 0 Å². The van der Waals surface area contributed by atoms with Crippen LogP contribution in [0.1, 0.15) is 51.0 Å². The highest BCUT2D eigenvalue weighted by Gasteiger charge is 2.32. The minimum atomic E-state index is -0.0345. The van der Waals surface area contributed by atoms with Gasteiger partial charge in [0.25, 0.3) is 0 Å². The Morgan fingerprint density at radius 3 is 2.67 bits per heavy atom. The zero-order chi connectivity index (χ0) is 15.2. The zero-order valence-electron chi connectivity index (χ0n) is 13.0. The van der Waals surface area contributed by atoms with Gasteiger partial charge in [0.2, 0.25) is 5.91 Å². The first-order valence-corrected chi connectivity index (χ1v) is 9.20. The monoisotopic (exact) mass is 351 g/mol. The minimum Gasteiger partial charge on any atom is -0.353 e. The summed E-state index contributed by atoms with van der Waals surface area (Å²) in [5.74, 6) is 1.11. The molecule has 0 aliphatic heterocycles. The van der Waals surface area contributed by atoms with Gasteiger partial charge < -0.3 is 5.32 Å². The fourth-order valence-corrected chi connectivity index (χ4v) is 4.09. The van der Waals surface area contributed by atoms with Crippen molar-refractivity contribution in [3.63, 3.8) is 0 Å². The molecule has 0 saturated heterocycles. The van der Waals surface area contributed by atoms with Crippen molar-refractivity contribution in [1.82, 2.24) is 5.32 Å². The van der Waals surface area contributed by atoms with Crippen LogP contribution in [0.4, 0.5) is 0 Å². The van der Waals surface area contributed by atoms with Gasteiger partial charge in [0.1, 0.15) is 0 Å². The van der Waals surface area contributed by atoms with Gasteiger partial charge in [-0.05, 0) is 30.2 Å². The molecule has 21 heavy (non-hydrogen) atoms. The molecule has 4 unspecified atom stereocenters. The molecule has 0 heterocycles. The lowest BCUT2D eigenvalue weighted by Gasteiger charge is -2.26. The number of benzene rings is 1. The molecule has 3 heteroatoms. The molecular formula is C18H26BrNO. The van der Waals surface area contributed by atoms with Crippen LogP contribution in [0.5, 0.6) is 0 Å². The average Bonchev–Trinajstić information content (AvgIpc) is 2.95. The van der Waals surface area contributed by atoms with E-state index in [4.69, 9.17) is 0 Å². The maximum Gasteiger partial charge on any atom is 0.228 e. The predicted octanol–water partition coefficient (Wildman–Crippen LogP) is 4.50. The maximum absolute atomic E-state index is 12.8. The van der Waals surface area contributed by atoms with E-state index >= 15 is 0 Å². The molecule has 1 aliphatic rings. The molecule has 1 aliphatic carbocycles. The van der Waals surface area contributed by atoms with Crippen molar-refractivity contribution in [3.05, 3.63) is 35.9 Å². The Morgan fingerprint density at radius 1 is 1.33 bits per heavy atom. The summed E-state index contributed by atoms with van der Waals surface area (Å²) in [7, 11) is 0. The lowest BCUT2D eigenvalue weighted by molar-refractivity contribution is -0.124. The fourth-order valence-electron chi connectivity index (χ4n) is 3.32. The van der Waals surface area contributed by atoms with Crippen LogP contribution in [-0.4, -0.2) is 17.3 Å². The van der Waals surface area contributed by atoms with Gasteiger partial charge in [-0.15, -0.1) is 0 Å². The number of halogens is 1. The number of carbonyl (C=O) groups excluding carboxylic acids is 1. The van der Waals surface area contributed by atoms with Crippen LogP contribution in [-0.2, 0) is 4.79 Å². The third-order valence-electron chi connectivity index (χ3n) is 4.84. The Balaban J connectivity index is 2.12. The van der Waals surface area contributed by atoms with Gasteiger partial charge >= 0.3 is 0 Å². The summed E-state index contributed by atoms with van der Waals surface area (Å²) in [5, 5.41) is 4.31. The normalized spacial score (nSPS) is 24.5. The topological polar surface area (TPSA) is 29.1 Å². The lowest BCUT2D eigenvalue weighted by Crippen LogP contribution is -2.42. The number of alkyl halides is 1. The summed E-state index contributed by atoms with van der Waals surface area (Å²) in [4.78, 5) is 12.8. The van der Waals surface area contributed by atoms with Crippen LogP contribution in [0, 0.1) is 11.8 Å². The van der Waals surface area contributed by atoms with Gasteiger partial charge in [0.15, 0.2) is 0 Å². The van der Waals surface area contributed by atoms with E-state index in [2.05, 4.69) is 47.2 Å². The highest BCUT2D eigenvalue weighted by molar-refractivity contribution is 9.09. The van der Waals surface area contributed by atoms with Crippen LogP contribution < -0.4 is 5.32 Å². The molecule has 0 radical (unpaired) electrons. The summed E-state index contributed by atoms with van der Waals surface area (Å²) in [6.07, 6.45) is 4.57. The van der Waals surface area contributed by atoms with Gasteiger partial charge in [0.05, 0.1) is 5.92 Å². The molecule has 2 rings (SSSR count). The first-order chi connectivity index (χ1) is 10.2. The number of amides is 1. The summed E-state index contributed by atoms with van der Waals surface area (Å²) < 4.78 is 0. The number of hydrogen-bond donors (Lipinski definition) is 1. The Labute approximate surface area is 136 Å². The number of rotatable bonds is 6. The standard InChI is InChI=1S/C18H26BrNO/c1-3-13(2)17(14-8-5-4-6-9-14)18(21)20-16-11-7-10-15(16)12-19/h4-6,8-9,13,15-17H,3,7,10-12H2,1-2H3,(H,20,21). The van der Waals surface area contributed by atoms with Crippen LogP contribution in [0.3, 0.4) is 0 Å². The molecule has 116 valence electrons. The number of carbonyl (C=O) groups is 1. The van der Waals surface area contributed by atoms with Crippen molar-refractivity contribution in [3.8, 4) is 0 Å². The van der Waals surface area contributed by atoms with Crippen molar-refractivity contribution in [2.45, 2.75) is 51.5 Å². The molecule has 1 N–H and O–H groups in total. The largest absolute Gasteiger partial charge is 0.353 e. The van der Waals surface area contributed by atoms with Crippen molar-refractivity contribution >= 4 is 21.8 Å². The second-order valence-corrected chi connectivity index (χ2v) is 6.88. The van der Waals surface area contributed by atoms with Gasteiger partial charge in [-0.1, -0.05) is 73.0 Å². The van der Waals surface area contributed by atoms with Crippen LogP contribution in [0.2, 0.25) is 0 Å². The first-order valence-electron chi connectivity index (χ1n) is 8.08. The maximum atomic E-state index is 12.8. The van der Waals surface area contributed by atoms with Gasteiger partial charge in [-0.25, -0.2) is 0 Å². The Morgan fingerprint density at radius 2 is 2.05 bits per heavy atom. The van der Waals surface area contributed by atoms with Gasteiger partial charge in [0, 0.05) is 11.4 Å². The molecule has 1 aromatic carbocycles. The molecule has 0 aromatic heterocycles. The predicted molar refractivity (Wildman–Crippen MR) is 91.7 cm³/mol. The highest BCUT2D eigenvalue weighted by Crippen LogP contribution is 2.31. The lowest BCUT2D eigenvalue weighted by atomic mass is 9.84. The highest BCUT2D eigenvalue weighted by atomic mass is 79.9. The van der Waals surface area contributed by atoms with E-state index in [0.29, 0.717) is 17.9 Å². The van der Waals surface area contributed by atoms with Gasteiger partial charge in [-0.3, -0.25) is 4.79 Å². The van der Waals surface area contributed by atoms with E-state index in [9.17, 15) is 4.79 Å². The quantitative estimate of drug-likeness (QED) is 0.751. The third kappa shape index (κ3) is 4.09. The van der Waals surface area contributed by atoms with E-state index in [1.165, 1.54) is 12.8 Å².